The third-order valence-electron chi connectivity index (χ3n) is 2.64. The van der Waals surface area contributed by atoms with E-state index >= 15 is 0 Å². The molecule has 1 aromatic rings. The summed E-state index contributed by atoms with van der Waals surface area (Å²) >= 11 is 0. The number of hydrogen-bond donors (Lipinski definition) is 1. The van der Waals surface area contributed by atoms with Crippen LogP contribution in [0.15, 0.2) is 30.3 Å². The molecule has 3 heteroatoms. The van der Waals surface area contributed by atoms with E-state index < -0.39 is 0 Å². The molecular formula is C13H18N2O. The van der Waals surface area contributed by atoms with Gasteiger partial charge in [0.15, 0.2) is 0 Å². The number of nitrogens with two attached hydrogens (primary N) is 1. The van der Waals surface area contributed by atoms with Gasteiger partial charge in [0.2, 0.25) is 0 Å². The van der Waals surface area contributed by atoms with E-state index in [1.165, 1.54) is 0 Å². The zero-order valence-electron chi connectivity index (χ0n) is 9.60. The Kier molecular flexibility index (Phi) is 3.59. The normalized spacial score (nSPS) is 17.6. The van der Waals surface area contributed by atoms with Gasteiger partial charge in [0.1, 0.15) is 11.9 Å². The average molecular weight is 218 g/mol. The summed E-state index contributed by atoms with van der Waals surface area (Å²) in [6.45, 7) is 2.60. The Morgan fingerprint density at radius 1 is 1.50 bits per heavy atom. The van der Waals surface area contributed by atoms with Crippen LogP contribution < -0.4 is 10.5 Å². The molecule has 0 saturated carbocycles. The lowest BCUT2D eigenvalue weighted by molar-refractivity contribution is 0.0388. The standard InChI is InChI=1S/C13H18N2O/c1-15-9-13(10-15)16-12-6-2-4-11(8-12)5-3-7-14/h2-6,8,13H,7,9-10,14H2,1H3/b5-3+. The molecular weight excluding hydrogens is 200 g/mol. The van der Waals surface area contributed by atoms with E-state index in [4.69, 9.17) is 10.5 Å². The number of likely N-dealkylation sites (N-methyl/N-ethyl adjacent to an activating group) is 1. The van der Waals surface area contributed by atoms with Crippen LogP contribution in [0.4, 0.5) is 0 Å². The van der Waals surface area contributed by atoms with Crippen LogP contribution in [0.2, 0.25) is 0 Å². The minimum atomic E-state index is 0.346. The monoisotopic (exact) mass is 218 g/mol. The van der Waals surface area contributed by atoms with Gasteiger partial charge in [0.25, 0.3) is 0 Å². The molecule has 2 N–H and O–H groups in total. The number of benzene rings is 1. The van der Waals surface area contributed by atoms with E-state index in [9.17, 15) is 0 Å². The van der Waals surface area contributed by atoms with Crippen molar-refractivity contribution in [1.29, 1.82) is 0 Å². The molecule has 3 nitrogen and oxygen atoms in total. The largest absolute Gasteiger partial charge is 0.488 e. The van der Waals surface area contributed by atoms with Crippen LogP contribution in [0.5, 0.6) is 5.75 Å². The van der Waals surface area contributed by atoms with Crippen molar-refractivity contribution in [3.8, 4) is 5.75 Å². The maximum Gasteiger partial charge on any atom is 0.124 e. The zero-order chi connectivity index (χ0) is 11.4. The zero-order valence-corrected chi connectivity index (χ0v) is 9.60. The minimum absolute atomic E-state index is 0.346. The first-order valence-corrected chi connectivity index (χ1v) is 5.60. The second kappa shape index (κ2) is 5.14. The Balaban J connectivity index is 1.96. The molecule has 0 aliphatic carbocycles. The van der Waals surface area contributed by atoms with Crippen LogP contribution in [-0.2, 0) is 0 Å². The molecule has 0 bridgehead atoms. The number of likely N-dealkylation sites (tertiary alicyclic amines) is 1. The maximum absolute atomic E-state index is 5.83. The summed E-state index contributed by atoms with van der Waals surface area (Å²) in [5.74, 6) is 0.942. The summed E-state index contributed by atoms with van der Waals surface area (Å²) in [4.78, 5) is 2.24. The van der Waals surface area contributed by atoms with Crippen LogP contribution in [0.1, 0.15) is 5.56 Å². The van der Waals surface area contributed by atoms with Crippen molar-refractivity contribution in [2.24, 2.45) is 5.73 Å². The van der Waals surface area contributed by atoms with E-state index in [0.717, 1.165) is 24.4 Å². The highest BCUT2D eigenvalue weighted by atomic mass is 16.5. The lowest BCUT2D eigenvalue weighted by Gasteiger charge is -2.36. The molecule has 0 atom stereocenters. The highest BCUT2D eigenvalue weighted by molar-refractivity contribution is 5.51. The number of ether oxygens (including phenoxy) is 1. The summed E-state index contributed by atoms with van der Waals surface area (Å²) in [7, 11) is 2.10. The van der Waals surface area contributed by atoms with Crippen LogP contribution in [0.3, 0.4) is 0 Å². The fourth-order valence-corrected chi connectivity index (χ4v) is 1.80. The van der Waals surface area contributed by atoms with Gasteiger partial charge in [-0.15, -0.1) is 0 Å². The molecule has 0 unspecified atom stereocenters. The summed E-state index contributed by atoms with van der Waals surface area (Å²) in [6.07, 6.45) is 4.30. The van der Waals surface area contributed by atoms with Crippen molar-refractivity contribution in [1.82, 2.24) is 4.90 Å². The fraction of sp³-hybridized carbons (Fsp3) is 0.385. The molecule has 1 heterocycles. The number of rotatable bonds is 4. The Morgan fingerprint density at radius 3 is 3.00 bits per heavy atom. The first-order valence-electron chi connectivity index (χ1n) is 5.60. The van der Waals surface area contributed by atoms with Gasteiger partial charge in [0, 0.05) is 19.6 Å². The Morgan fingerprint density at radius 2 is 2.31 bits per heavy atom. The van der Waals surface area contributed by atoms with Crippen molar-refractivity contribution < 1.29 is 4.74 Å². The molecule has 16 heavy (non-hydrogen) atoms. The van der Waals surface area contributed by atoms with Gasteiger partial charge in [-0.2, -0.15) is 0 Å². The van der Waals surface area contributed by atoms with Gasteiger partial charge in [-0.25, -0.2) is 0 Å². The quantitative estimate of drug-likeness (QED) is 0.829. The Bertz CT molecular complexity index is 370. The molecule has 0 radical (unpaired) electrons. The van der Waals surface area contributed by atoms with Crippen LogP contribution >= 0.6 is 0 Å². The second-order valence-electron chi connectivity index (χ2n) is 4.17. The molecule has 1 saturated heterocycles. The lowest BCUT2D eigenvalue weighted by atomic mass is 10.1. The summed E-state index contributed by atoms with van der Waals surface area (Å²) < 4.78 is 5.83. The average Bonchev–Trinajstić information content (AvgIpc) is 2.25. The summed E-state index contributed by atoms with van der Waals surface area (Å²) in [5, 5.41) is 0. The predicted octanol–water partition coefficient (Wildman–Crippen LogP) is 1.35. The molecule has 1 aliphatic rings. The van der Waals surface area contributed by atoms with E-state index in [1.54, 1.807) is 0 Å². The van der Waals surface area contributed by atoms with Gasteiger partial charge >= 0.3 is 0 Å². The number of hydrogen-bond acceptors (Lipinski definition) is 3. The predicted molar refractivity (Wildman–Crippen MR) is 66.4 cm³/mol. The van der Waals surface area contributed by atoms with Gasteiger partial charge in [-0.1, -0.05) is 24.3 Å². The third-order valence-corrected chi connectivity index (χ3v) is 2.64. The molecule has 2 rings (SSSR count). The van der Waals surface area contributed by atoms with Crippen molar-refractivity contribution in [2.75, 3.05) is 26.7 Å². The molecule has 1 aromatic carbocycles. The SMILES string of the molecule is CN1CC(Oc2cccc(/C=C/CN)c2)C1. The molecule has 0 spiro atoms. The topological polar surface area (TPSA) is 38.5 Å². The van der Waals surface area contributed by atoms with Crippen LogP contribution in [0, 0.1) is 0 Å². The highest BCUT2D eigenvalue weighted by Gasteiger charge is 2.24. The first kappa shape index (κ1) is 11.2. The Labute approximate surface area is 96.5 Å². The summed E-state index contributed by atoms with van der Waals surface area (Å²) in [6, 6.07) is 8.10. The lowest BCUT2D eigenvalue weighted by Crippen LogP contribution is -2.51. The molecule has 0 aromatic heterocycles. The molecule has 1 aliphatic heterocycles. The van der Waals surface area contributed by atoms with Crippen LogP contribution in [-0.4, -0.2) is 37.7 Å². The molecule has 0 amide bonds. The first-order chi connectivity index (χ1) is 7.78. The van der Waals surface area contributed by atoms with E-state index in [0.29, 0.717) is 12.6 Å². The van der Waals surface area contributed by atoms with Crippen molar-refractivity contribution >= 4 is 6.08 Å². The van der Waals surface area contributed by atoms with Gasteiger partial charge in [0.05, 0.1) is 0 Å². The van der Waals surface area contributed by atoms with Crippen LogP contribution in [0.25, 0.3) is 6.08 Å². The molecule has 1 fully saturated rings. The van der Waals surface area contributed by atoms with Crippen molar-refractivity contribution in [3.63, 3.8) is 0 Å². The van der Waals surface area contributed by atoms with Gasteiger partial charge < -0.3 is 10.5 Å². The van der Waals surface area contributed by atoms with Gasteiger partial charge in [-0.05, 0) is 24.7 Å². The Hall–Kier alpha value is -1.32. The van der Waals surface area contributed by atoms with E-state index in [2.05, 4.69) is 11.9 Å². The van der Waals surface area contributed by atoms with Gasteiger partial charge in [-0.3, -0.25) is 4.90 Å². The third kappa shape index (κ3) is 2.84. The van der Waals surface area contributed by atoms with Crippen molar-refractivity contribution in [2.45, 2.75) is 6.10 Å². The van der Waals surface area contributed by atoms with E-state index in [-0.39, 0.29) is 0 Å². The van der Waals surface area contributed by atoms with Crippen molar-refractivity contribution in [3.05, 3.63) is 35.9 Å². The molecule has 86 valence electrons. The smallest absolute Gasteiger partial charge is 0.124 e. The fourth-order valence-electron chi connectivity index (χ4n) is 1.80. The summed E-state index contributed by atoms with van der Waals surface area (Å²) in [5.41, 5.74) is 6.55. The minimum Gasteiger partial charge on any atom is -0.488 e. The highest BCUT2D eigenvalue weighted by Crippen LogP contribution is 2.19. The van der Waals surface area contributed by atoms with E-state index in [1.807, 2.05) is 36.4 Å². The maximum atomic E-state index is 5.83. The number of nitrogens with zero attached hydrogens (tertiary/aromatic N) is 1. The second-order valence-corrected chi connectivity index (χ2v) is 4.17.